The van der Waals surface area contributed by atoms with E-state index in [1.165, 1.54) is 0 Å². The molecule has 0 amide bonds. The van der Waals surface area contributed by atoms with E-state index < -0.39 is 21.4 Å². The van der Waals surface area contributed by atoms with E-state index in [0.717, 1.165) is 6.42 Å². The van der Waals surface area contributed by atoms with Crippen LogP contribution in [-0.2, 0) is 14.8 Å². The van der Waals surface area contributed by atoms with E-state index in [2.05, 4.69) is 0 Å². The molecule has 1 saturated heterocycles. The van der Waals surface area contributed by atoms with E-state index in [-0.39, 0.29) is 5.75 Å². The minimum atomic E-state index is -3.44. The molecule has 0 atom stereocenters. The van der Waals surface area contributed by atoms with E-state index in [4.69, 9.17) is 5.14 Å². The lowest BCUT2D eigenvalue weighted by Gasteiger charge is -2.38. The van der Waals surface area contributed by atoms with Gasteiger partial charge in [0.2, 0.25) is 10.0 Å². The second-order valence-corrected chi connectivity index (χ2v) is 6.78. The number of likely N-dealkylation sites (tertiary alicyclic amines) is 1. The van der Waals surface area contributed by atoms with Crippen molar-refractivity contribution in [1.82, 2.24) is 4.90 Å². The number of carbonyl (C=O) groups is 1. The van der Waals surface area contributed by atoms with Gasteiger partial charge in [-0.1, -0.05) is 13.3 Å². The third kappa shape index (κ3) is 4.22. The molecular weight excluding hydrogens is 256 g/mol. The van der Waals surface area contributed by atoms with Gasteiger partial charge in [0.1, 0.15) is 0 Å². The van der Waals surface area contributed by atoms with Gasteiger partial charge in [0, 0.05) is 6.54 Å². The molecule has 0 aromatic heterocycles. The summed E-state index contributed by atoms with van der Waals surface area (Å²) in [4.78, 5) is 13.3. The zero-order chi connectivity index (χ0) is 13.8. The summed E-state index contributed by atoms with van der Waals surface area (Å²) < 4.78 is 21.7. The largest absolute Gasteiger partial charge is 0.481 e. The molecule has 106 valence electrons. The number of carboxylic acids is 1. The Morgan fingerprint density at radius 3 is 2.33 bits per heavy atom. The van der Waals surface area contributed by atoms with Crippen molar-refractivity contribution in [3.05, 3.63) is 0 Å². The standard InChI is InChI=1S/C11H22N2O4S/c1-2-3-11(10(14)15)4-6-13(7-5-11)8-9-18(12,16)17/h2-9H2,1H3,(H,14,15)(H2,12,16,17). The van der Waals surface area contributed by atoms with Crippen molar-refractivity contribution in [2.75, 3.05) is 25.4 Å². The number of rotatable bonds is 6. The van der Waals surface area contributed by atoms with Gasteiger partial charge in [-0.25, -0.2) is 13.6 Å². The highest BCUT2D eigenvalue weighted by Gasteiger charge is 2.40. The van der Waals surface area contributed by atoms with Crippen molar-refractivity contribution in [3.8, 4) is 0 Å². The Bertz CT molecular complexity index is 386. The van der Waals surface area contributed by atoms with Gasteiger partial charge in [0.15, 0.2) is 0 Å². The number of sulfonamides is 1. The van der Waals surface area contributed by atoms with Crippen molar-refractivity contribution in [2.45, 2.75) is 32.6 Å². The van der Waals surface area contributed by atoms with Gasteiger partial charge in [-0.15, -0.1) is 0 Å². The van der Waals surface area contributed by atoms with Crippen molar-refractivity contribution < 1.29 is 18.3 Å². The van der Waals surface area contributed by atoms with Crippen LogP contribution in [0.25, 0.3) is 0 Å². The molecule has 1 rings (SSSR count). The van der Waals surface area contributed by atoms with Crippen molar-refractivity contribution in [3.63, 3.8) is 0 Å². The maximum absolute atomic E-state index is 11.4. The predicted molar refractivity (Wildman–Crippen MR) is 68.6 cm³/mol. The summed E-state index contributed by atoms with van der Waals surface area (Å²) in [6, 6.07) is 0. The number of piperidine rings is 1. The zero-order valence-electron chi connectivity index (χ0n) is 10.8. The average Bonchev–Trinajstić information content (AvgIpc) is 2.27. The fourth-order valence-corrected chi connectivity index (χ4v) is 3.02. The van der Waals surface area contributed by atoms with Crippen LogP contribution in [0.1, 0.15) is 32.6 Å². The number of nitrogens with zero attached hydrogens (tertiary/aromatic N) is 1. The molecule has 0 aliphatic carbocycles. The Hall–Kier alpha value is -0.660. The molecule has 3 N–H and O–H groups in total. The molecule has 18 heavy (non-hydrogen) atoms. The molecule has 0 unspecified atom stereocenters. The van der Waals surface area contributed by atoms with Crippen LogP contribution in [0.5, 0.6) is 0 Å². The van der Waals surface area contributed by atoms with Crippen molar-refractivity contribution >= 4 is 16.0 Å². The maximum atomic E-state index is 11.4. The normalized spacial score (nSPS) is 20.8. The van der Waals surface area contributed by atoms with E-state index >= 15 is 0 Å². The van der Waals surface area contributed by atoms with Gasteiger partial charge in [-0.2, -0.15) is 0 Å². The van der Waals surface area contributed by atoms with Crippen molar-refractivity contribution in [1.29, 1.82) is 0 Å². The van der Waals surface area contributed by atoms with Crippen LogP contribution >= 0.6 is 0 Å². The van der Waals surface area contributed by atoms with E-state index in [1.54, 1.807) is 0 Å². The zero-order valence-corrected chi connectivity index (χ0v) is 11.6. The van der Waals surface area contributed by atoms with Crippen LogP contribution in [0.4, 0.5) is 0 Å². The number of aliphatic carboxylic acids is 1. The lowest BCUT2D eigenvalue weighted by atomic mass is 9.75. The smallest absolute Gasteiger partial charge is 0.309 e. The summed E-state index contributed by atoms with van der Waals surface area (Å²) in [5.74, 6) is -0.795. The highest BCUT2D eigenvalue weighted by Crippen LogP contribution is 2.36. The Labute approximate surface area is 108 Å². The van der Waals surface area contributed by atoms with Crippen LogP contribution in [0.2, 0.25) is 0 Å². The minimum Gasteiger partial charge on any atom is -0.481 e. The monoisotopic (exact) mass is 278 g/mol. The molecule has 1 fully saturated rings. The maximum Gasteiger partial charge on any atom is 0.309 e. The molecule has 0 radical (unpaired) electrons. The van der Waals surface area contributed by atoms with Gasteiger partial charge >= 0.3 is 5.97 Å². The van der Waals surface area contributed by atoms with Gasteiger partial charge in [-0.3, -0.25) is 4.79 Å². The Morgan fingerprint density at radius 2 is 1.94 bits per heavy atom. The van der Waals surface area contributed by atoms with Crippen LogP contribution in [0.15, 0.2) is 0 Å². The highest BCUT2D eigenvalue weighted by molar-refractivity contribution is 7.89. The lowest BCUT2D eigenvalue weighted by Crippen LogP contribution is -2.45. The number of primary sulfonamides is 1. The average molecular weight is 278 g/mol. The van der Waals surface area contributed by atoms with Crippen LogP contribution in [0.3, 0.4) is 0 Å². The number of nitrogens with two attached hydrogens (primary N) is 1. The summed E-state index contributed by atoms with van der Waals surface area (Å²) in [6.45, 7) is 3.63. The molecule has 0 saturated carbocycles. The molecule has 6 nitrogen and oxygen atoms in total. The summed E-state index contributed by atoms with van der Waals surface area (Å²) in [5.41, 5.74) is -0.618. The fourth-order valence-electron chi connectivity index (χ4n) is 2.51. The van der Waals surface area contributed by atoms with Crippen LogP contribution in [-0.4, -0.2) is 49.8 Å². The number of hydrogen-bond donors (Lipinski definition) is 2. The Balaban J connectivity index is 2.51. The van der Waals surface area contributed by atoms with E-state index in [1.807, 2.05) is 11.8 Å². The molecular formula is C11H22N2O4S. The first-order valence-electron chi connectivity index (χ1n) is 6.25. The summed E-state index contributed by atoms with van der Waals surface area (Å²) in [7, 11) is -3.44. The molecule has 0 aromatic carbocycles. The van der Waals surface area contributed by atoms with Crippen LogP contribution in [0, 0.1) is 5.41 Å². The predicted octanol–water partition coefficient (Wildman–Crippen LogP) is 0.242. The quantitative estimate of drug-likeness (QED) is 0.725. The molecule has 0 bridgehead atoms. The third-order valence-corrected chi connectivity index (χ3v) is 4.44. The molecule has 1 aliphatic rings. The van der Waals surface area contributed by atoms with Crippen LogP contribution < -0.4 is 5.14 Å². The second-order valence-electron chi connectivity index (χ2n) is 5.04. The van der Waals surface area contributed by atoms with E-state index in [9.17, 15) is 18.3 Å². The summed E-state index contributed by atoms with van der Waals surface area (Å²) in [6.07, 6.45) is 2.70. The minimum absolute atomic E-state index is 0.0686. The van der Waals surface area contributed by atoms with Gasteiger partial charge in [-0.05, 0) is 32.4 Å². The van der Waals surface area contributed by atoms with Gasteiger partial charge in [0.25, 0.3) is 0 Å². The first-order valence-corrected chi connectivity index (χ1v) is 7.97. The molecule has 1 aliphatic heterocycles. The van der Waals surface area contributed by atoms with E-state index in [0.29, 0.717) is 38.9 Å². The Morgan fingerprint density at radius 1 is 1.39 bits per heavy atom. The molecule has 7 heteroatoms. The third-order valence-electron chi connectivity index (χ3n) is 3.69. The summed E-state index contributed by atoms with van der Waals surface area (Å²) >= 11 is 0. The van der Waals surface area contributed by atoms with Crippen molar-refractivity contribution in [2.24, 2.45) is 10.6 Å². The van der Waals surface area contributed by atoms with Gasteiger partial charge in [0.05, 0.1) is 11.2 Å². The topological polar surface area (TPSA) is 101 Å². The lowest BCUT2D eigenvalue weighted by molar-refractivity contribution is -0.152. The van der Waals surface area contributed by atoms with Gasteiger partial charge < -0.3 is 10.0 Å². The number of carboxylic acid groups (broad SMARTS) is 1. The fraction of sp³-hybridized carbons (Fsp3) is 0.909. The molecule has 1 heterocycles. The summed E-state index contributed by atoms with van der Waals surface area (Å²) in [5, 5.41) is 14.3. The first-order chi connectivity index (χ1) is 8.29. The second kappa shape index (κ2) is 5.99. The molecule has 0 aromatic rings. The first kappa shape index (κ1) is 15.4. The molecule has 0 spiro atoms. The Kier molecular flexibility index (Phi) is 5.12. The number of hydrogen-bond acceptors (Lipinski definition) is 4. The highest BCUT2D eigenvalue weighted by atomic mass is 32.2. The SMILES string of the molecule is CCCC1(C(=O)O)CCN(CCS(N)(=O)=O)CC1.